The summed E-state index contributed by atoms with van der Waals surface area (Å²) < 4.78 is 18.2. The average molecular weight is 307 g/mol. The molecule has 0 aliphatic heterocycles. The largest absolute Gasteiger partial charge is 0.477 e. The van der Waals surface area contributed by atoms with Gasteiger partial charge < -0.3 is 10.1 Å². The molecule has 1 aliphatic carbocycles. The van der Waals surface area contributed by atoms with Crippen LogP contribution in [-0.2, 0) is 4.79 Å². The van der Waals surface area contributed by atoms with Crippen LogP contribution in [0.25, 0.3) is 0 Å². The van der Waals surface area contributed by atoms with Crippen molar-refractivity contribution in [2.75, 3.05) is 6.61 Å². The predicted octanol–water partition coefficient (Wildman–Crippen LogP) is 1.92. The van der Waals surface area contributed by atoms with E-state index in [0.29, 0.717) is 0 Å². The first-order chi connectivity index (χ1) is 10.4. The number of hydrogen-bond donors (Lipinski definition) is 1. The topological polar surface area (TPSA) is 105 Å². The van der Waals surface area contributed by atoms with Gasteiger partial charge in [-0.1, -0.05) is 0 Å². The monoisotopic (exact) mass is 307 g/mol. The smallest absolute Gasteiger partial charge is 0.311 e. The summed E-state index contributed by atoms with van der Waals surface area (Å²) >= 11 is 0. The Labute approximate surface area is 125 Å². The summed E-state index contributed by atoms with van der Waals surface area (Å²) in [5, 5.41) is 22.5. The highest BCUT2D eigenvalue weighted by atomic mass is 19.1. The van der Waals surface area contributed by atoms with Gasteiger partial charge in [-0.05, 0) is 31.7 Å². The summed E-state index contributed by atoms with van der Waals surface area (Å²) in [5.41, 5.74) is -1.41. The molecule has 116 valence electrons. The summed E-state index contributed by atoms with van der Waals surface area (Å²) in [4.78, 5) is 21.9. The Kier molecular flexibility index (Phi) is 4.26. The molecule has 1 atom stereocenters. The van der Waals surface area contributed by atoms with Crippen molar-refractivity contribution in [2.24, 2.45) is 5.92 Å². The zero-order chi connectivity index (χ0) is 16.3. The van der Waals surface area contributed by atoms with Crippen LogP contribution >= 0.6 is 0 Å². The molecule has 1 aliphatic rings. The van der Waals surface area contributed by atoms with Crippen molar-refractivity contribution in [1.29, 1.82) is 5.26 Å². The van der Waals surface area contributed by atoms with Crippen molar-refractivity contribution in [2.45, 2.75) is 25.3 Å². The van der Waals surface area contributed by atoms with E-state index in [2.05, 4.69) is 11.4 Å². The first-order valence-corrected chi connectivity index (χ1v) is 6.65. The molecule has 0 bridgehead atoms. The fourth-order valence-corrected chi connectivity index (χ4v) is 2.11. The Morgan fingerprint density at radius 2 is 2.32 bits per heavy atom. The Morgan fingerprint density at radius 1 is 1.64 bits per heavy atom. The van der Waals surface area contributed by atoms with E-state index in [1.54, 1.807) is 6.92 Å². The van der Waals surface area contributed by atoms with Crippen molar-refractivity contribution < 1.29 is 18.8 Å². The standard InChI is InChI=1S/C14H14FN3O4/c1-14(8-16,9-2-3-9)17-13(19)7-22-12-6-10(15)4-5-11(12)18(20)21/h4-6,9H,2-3,7H2,1H3,(H,17,19). The van der Waals surface area contributed by atoms with Crippen LogP contribution < -0.4 is 10.1 Å². The highest BCUT2D eigenvalue weighted by Crippen LogP contribution is 2.39. The summed E-state index contributed by atoms with van der Waals surface area (Å²) in [6.45, 7) is 1.08. The number of nitrogens with one attached hydrogen (secondary N) is 1. The Morgan fingerprint density at radius 3 is 2.86 bits per heavy atom. The molecule has 0 radical (unpaired) electrons. The molecule has 1 aromatic carbocycles. The number of nitrogens with zero attached hydrogens (tertiary/aromatic N) is 2. The van der Waals surface area contributed by atoms with Gasteiger partial charge in [-0.3, -0.25) is 14.9 Å². The van der Waals surface area contributed by atoms with Crippen molar-refractivity contribution in [3.05, 3.63) is 34.1 Å². The van der Waals surface area contributed by atoms with E-state index in [0.717, 1.165) is 31.0 Å². The molecule has 1 saturated carbocycles. The Hall–Kier alpha value is -2.69. The minimum atomic E-state index is -0.978. The second-order valence-corrected chi connectivity index (χ2v) is 5.29. The second kappa shape index (κ2) is 5.97. The van der Waals surface area contributed by atoms with Crippen LogP contribution in [-0.4, -0.2) is 23.0 Å². The van der Waals surface area contributed by atoms with Gasteiger partial charge in [0.05, 0.1) is 11.0 Å². The van der Waals surface area contributed by atoms with Crippen LogP contribution in [0.2, 0.25) is 0 Å². The van der Waals surface area contributed by atoms with Gasteiger partial charge in [0.15, 0.2) is 6.61 Å². The molecule has 1 N–H and O–H groups in total. The number of ether oxygens (including phenoxy) is 1. The molecule has 0 heterocycles. The molecule has 1 unspecified atom stereocenters. The molecular formula is C14H14FN3O4. The first-order valence-electron chi connectivity index (χ1n) is 6.65. The molecule has 7 nitrogen and oxygen atoms in total. The molecule has 0 saturated heterocycles. The number of nitro benzene ring substituents is 1. The normalized spacial score (nSPS) is 16.2. The van der Waals surface area contributed by atoms with E-state index in [9.17, 15) is 19.3 Å². The fourth-order valence-electron chi connectivity index (χ4n) is 2.11. The number of halogens is 1. The van der Waals surface area contributed by atoms with Gasteiger partial charge in [0.1, 0.15) is 11.4 Å². The third-order valence-corrected chi connectivity index (χ3v) is 3.50. The van der Waals surface area contributed by atoms with Crippen LogP contribution in [0.1, 0.15) is 19.8 Å². The number of carbonyl (C=O) groups excluding carboxylic acids is 1. The lowest BCUT2D eigenvalue weighted by atomic mass is 9.98. The van der Waals surface area contributed by atoms with Crippen LogP contribution in [0, 0.1) is 33.2 Å². The zero-order valence-electron chi connectivity index (χ0n) is 11.8. The van der Waals surface area contributed by atoms with E-state index in [1.807, 2.05) is 0 Å². The lowest BCUT2D eigenvalue weighted by Crippen LogP contribution is -2.48. The van der Waals surface area contributed by atoms with Crippen LogP contribution in [0.3, 0.4) is 0 Å². The summed E-state index contributed by atoms with van der Waals surface area (Å²) in [5.74, 6) is -1.52. The van der Waals surface area contributed by atoms with Gasteiger partial charge in [-0.15, -0.1) is 0 Å². The highest BCUT2D eigenvalue weighted by Gasteiger charge is 2.43. The summed E-state index contributed by atoms with van der Waals surface area (Å²) in [7, 11) is 0. The van der Waals surface area contributed by atoms with Crippen molar-refractivity contribution >= 4 is 11.6 Å². The number of nitriles is 1. The maximum atomic E-state index is 13.1. The number of hydrogen-bond acceptors (Lipinski definition) is 5. The molecule has 2 rings (SSSR count). The molecule has 0 aromatic heterocycles. The van der Waals surface area contributed by atoms with E-state index in [-0.39, 0.29) is 11.7 Å². The molecular weight excluding hydrogens is 293 g/mol. The number of benzene rings is 1. The van der Waals surface area contributed by atoms with Gasteiger partial charge in [0, 0.05) is 12.1 Å². The maximum Gasteiger partial charge on any atom is 0.311 e. The summed E-state index contributed by atoms with van der Waals surface area (Å²) in [6.07, 6.45) is 1.72. The molecule has 1 fully saturated rings. The van der Waals surface area contributed by atoms with Gasteiger partial charge in [-0.25, -0.2) is 4.39 Å². The van der Waals surface area contributed by atoms with Crippen molar-refractivity contribution in [3.8, 4) is 11.8 Å². The Balaban J connectivity index is 2.01. The molecule has 1 aromatic rings. The average Bonchev–Trinajstić information content (AvgIpc) is 3.29. The number of carbonyl (C=O) groups is 1. The third-order valence-electron chi connectivity index (χ3n) is 3.50. The minimum absolute atomic E-state index is 0.102. The van der Waals surface area contributed by atoms with Crippen molar-refractivity contribution in [1.82, 2.24) is 5.32 Å². The minimum Gasteiger partial charge on any atom is -0.477 e. The van der Waals surface area contributed by atoms with Crippen LogP contribution in [0.4, 0.5) is 10.1 Å². The SMILES string of the molecule is CC(C#N)(NC(=O)COc1cc(F)ccc1[N+](=O)[O-])C1CC1. The molecule has 1 amide bonds. The fraction of sp³-hybridized carbons (Fsp3) is 0.429. The van der Waals surface area contributed by atoms with E-state index >= 15 is 0 Å². The van der Waals surface area contributed by atoms with Crippen molar-refractivity contribution in [3.63, 3.8) is 0 Å². The van der Waals surface area contributed by atoms with Gasteiger partial charge in [-0.2, -0.15) is 5.26 Å². The predicted molar refractivity (Wildman–Crippen MR) is 73.4 cm³/mol. The van der Waals surface area contributed by atoms with Gasteiger partial charge in [0.25, 0.3) is 5.91 Å². The third kappa shape index (κ3) is 3.49. The maximum absolute atomic E-state index is 13.1. The number of rotatable bonds is 6. The zero-order valence-corrected chi connectivity index (χ0v) is 11.8. The molecule has 0 spiro atoms. The first kappa shape index (κ1) is 15.7. The van der Waals surface area contributed by atoms with E-state index < -0.39 is 34.5 Å². The van der Waals surface area contributed by atoms with E-state index in [1.165, 1.54) is 0 Å². The highest BCUT2D eigenvalue weighted by molar-refractivity contribution is 5.79. The van der Waals surface area contributed by atoms with Crippen LogP contribution in [0.5, 0.6) is 5.75 Å². The molecule has 22 heavy (non-hydrogen) atoms. The quantitative estimate of drug-likeness (QED) is 0.638. The number of nitro groups is 1. The van der Waals surface area contributed by atoms with Gasteiger partial charge >= 0.3 is 5.69 Å². The molecule has 8 heteroatoms. The second-order valence-electron chi connectivity index (χ2n) is 5.29. The lowest BCUT2D eigenvalue weighted by Gasteiger charge is -2.22. The van der Waals surface area contributed by atoms with E-state index in [4.69, 9.17) is 10.00 Å². The Bertz CT molecular complexity index is 654. The van der Waals surface area contributed by atoms with Gasteiger partial charge in [0.2, 0.25) is 5.75 Å². The number of amides is 1. The van der Waals surface area contributed by atoms with Crippen LogP contribution in [0.15, 0.2) is 18.2 Å². The summed E-state index contributed by atoms with van der Waals surface area (Å²) in [6, 6.07) is 4.80. The lowest BCUT2D eigenvalue weighted by molar-refractivity contribution is -0.385.